The van der Waals surface area contributed by atoms with E-state index in [4.69, 9.17) is 4.42 Å². The van der Waals surface area contributed by atoms with E-state index in [9.17, 15) is 0 Å². The number of fused-ring (bicyclic) bond motifs is 1. The number of halogens is 1. The molecule has 92 valence electrons. The predicted molar refractivity (Wildman–Crippen MR) is 75.4 cm³/mol. The lowest BCUT2D eigenvalue weighted by Crippen LogP contribution is -2.18. The Bertz CT molecular complexity index is 479. The summed E-state index contributed by atoms with van der Waals surface area (Å²) in [5, 5.41) is 4.60. The smallest absolute Gasteiger partial charge is 0.138 e. The van der Waals surface area contributed by atoms with Gasteiger partial charge in [0.25, 0.3) is 0 Å². The van der Waals surface area contributed by atoms with Crippen molar-refractivity contribution in [3.8, 4) is 0 Å². The standard InChI is InChI=1S/C14H18BrNO/c1-4-7-16-10(3)13-8-11-12(15)6-5-9(2)14(11)17-13/h5-6,8,10,16H,4,7H2,1-3H3. The van der Waals surface area contributed by atoms with Crippen LogP contribution in [0.5, 0.6) is 0 Å². The van der Waals surface area contributed by atoms with Gasteiger partial charge in [0.1, 0.15) is 11.3 Å². The second-order valence-electron chi connectivity index (χ2n) is 4.43. The Morgan fingerprint density at radius 3 is 2.82 bits per heavy atom. The summed E-state index contributed by atoms with van der Waals surface area (Å²) in [5.74, 6) is 1.00. The van der Waals surface area contributed by atoms with E-state index in [1.807, 2.05) is 0 Å². The first-order valence-electron chi connectivity index (χ1n) is 6.05. The number of benzene rings is 1. The molecule has 0 aliphatic heterocycles. The third-order valence-corrected chi connectivity index (χ3v) is 3.67. The third-order valence-electron chi connectivity index (χ3n) is 2.97. The molecule has 0 aliphatic rings. The number of nitrogens with one attached hydrogen (secondary N) is 1. The van der Waals surface area contributed by atoms with Crippen LogP contribution in [-0.4, -0.2) is 6.54 Å². The van der Waals surface area contributed by atoms with E-state index in [0.717, 1.165) is 34.2 Å². The van der Waals surface area contributed by atoms with Gasteiger partial charge in [0.15, 0.2) is 0 Å². The number of aryl methyl sites for hydroxylation is 1. The molecule has 0 saturated carbocycles. The van der Waals surface area contributed by atoms with Crippen molar-refractivity contribution in [3.05, 3.63) is 34.0 Å². The molecule has 0 amide bonds. The molecule has 1 unspecified atom stereocenters. The van der Waals surface area contributed by atoms with E-state index in [1.165, 1.54) is 5.56 Å². The first-order valence-corrected chi connectivity index (χ1v) is 6.84. The fourth-order valence-electron chi connectivity index (χ4n) is 1.92. The Labute approximate surface area is 111 Å². The number of hydrogen-bond acceptors (Lipinski definition) is 2. The van der Waals surface area contributed by atoms with Crippen LogP contribution >= 0.6 is 15.9 Å². The van der Waals surface area contributed by atoms with E-state index >= 15 is 0 Å². The number of rotatable bonds is 4. The highest BCUT2D eigenvalue weighted by molar-refractivity contribution is 9.10. The fraction of sp³-hybridized carbons (Fsp3) is 0.429. The maximum absolute atomic E-state index is 5.95. The van der Waals surface area contributed by atoms with Gasteiger partial charge in [-0.25, -0.2) is 0 Å². The van der Waals surface area contributed by atoms with Crippen LogP contribution in [0, 0.1) is 6.92 Å². The van der Waals surface area contributed by atoms with Gasteiger partial charge in [0.2, 0.25) is 0 Å². The molecule has 0 fully saturated rings. The average molecular weight is 296 g/mol. The second kappa shape index (κ2) is 5.23. The van der Waals surface area contributed by atoms with Crippen LogP contribution in [-0.2, 0) is 0 Å². The van der Waals surface area contributed by atoms with E-state index in [-0.39, 0.29) is 6.04 Å². The van der Waals surface area contributed by atoms with Gasteiger partial charge in [-0.1, -0.05) is 28.9 Å². The van der Waals surface area contributed by atoms with Crippen molar-refractivity contribution >= 4 is 26.9 Å². The summed E-state index contributed by atoms with van der Waals surface area (Å²) in [7, 11) is 0. The first kappa shape index (κ1) is 12.7. The van der Waals surface area contributed by atoms with Crippen LogP contribution in [0.3, 0.4) is 0 Å². The molecule has 2 rings (SSSR count). The lowest BCUT2D eigenvalue weighted by molar-refractivity contribution is 0.451. The lowest BCUT2D eigenvalue weighted by Gasteiger charge is -2.09. The molecular weight excluding hydrogens is 278 g/mol. The van der Waals surface area contributed by atoms with Crippen molar-refractivity contribution in [3.63, 3.8) is 0 Å². The molecule has 17 heavy (non-hydrogen) atoms. The minimum absolute atomic E-state index is 0.258. The first-order chi connectivity index (χ1) is 8.13. The Morgan fingerprint density at radius 2 is 2.18 bits per heavy atom. The highest BCUT2D eigenvalue weighted by atomic mass is 79.9. The summed E-state index contributed by atoms with van der Waals surface area (Å²) in [6.45, 7) is 7.39. The molecule has 0 radical (unpaired) electrons. The highest BCUT2D eigenvalue weighted by Crippen LogP contribution is 2.31. The van der Waals surface area contributed by atoms with Crippen molar-refractivity contribution in [2.24, 2.45) is 0 Å². The maximum atomic E-state index is 5.95. The number of furan rings is 1. The Balaban J connectivity index is 2.37. The summed E-state index contributed by atoms with van der Waals surface area (Å²) in [5.41, 5.74) is 2.16. The molecule has 1 aromatic carbocycles. The molecule has 1 heterocycles. The molecule has 1 atom stereocenters. The van der Waals surface area contributed by atoms with Crippen LogP contribution in [0.15, 0.2) is 27.1 Å². The van der Waals surface area contributed by atoms with Crippen molar-refractivity contribution in [2.75, 3.05) is 6.54 Å². The zero-order chi connectivity index (χ0) is 12.4. The van der Waals surface area contributed by atoms with Gasteiger partial charge >= 0.3 is 0 Å². The minimum Gasteiger partial charge on any atom is -0.459 e. The number of hydrogen-bond donors (Lipinski definition) is 1. The van der Waals surface area contributed by atoms with E-state index in [1.54, 1.807) is 0 Å². The highest BCUT2D eigenvalue weighted by Gasteiger charge is 2.13. The molecule has 2 nitrogen and oxygen atoms in total. The van der Waals surface area contributed by atoms with Gasteiger partial charge in [0, 0.05) is 9.86 Å². The van der Waals surface area contributed by atoms with E-state index in [2.05, 4.69) is 60.2 Å². The SMILES string of the molecule is CCCNC(C)c1cc2c(Br)ccc(C)c2o1. The average Bonchev–Trinajstić information content (AvgIpc) is 2.77. The fourth-order valence-corrected chi connectivity index (χ4v) is 2.35. The monoisotopic (exact) mass is 295 g/mol. The van der Waals surface area contributed by atoms with E-state index < -0.39 is 0 Å². The van der Waals surface area contributed by atoms with Crippen molar-refractivity contribution in [1.29, 1.82) is 0 Å². The van der Waals surface area contributed by atoms with Gasteiger partial charge < -0.3 is 9.73 Å². The molecule has 1 N–H and O–H groups in total. The van der Waals surface area contributed by atoms with Crippen LogP contribution in [0.25, 0.3) is 11.0 Å². The Hall–Kier alpha value is -0.800. The maximum Gasteiger partial charge on any atom is 0.138 e. The molecular formula is C14H18BrNO. The lowest BCUT2D eigenvalue weighted by atomic mass is 10.1. The molecule has 0 saturated heterocycles. The van der Waals surface area contributed by atoms with Gasteiger partial charge in [-0.3, -0.25) is 0 Å². The Kier molecular flexibility index (Phi) is 3.89. The summed E-state index contributed by atoms with van der Waals surface area (Å²) in [6, 6.07) is 6.53. The van der Waals surface area contributed by atoms with E-state index in [0.29, 0.717) is 0 Å². The molecule has 0 aliphatic carbocycles. The third kappa shape index (κ3) is 2.55. The molecule has 0 spiro atoms. The zero-order valence-corrected chi connectivity index (χ0v) is 12.1. The van der Waals surface area contributed by atoms with Crippen molar-refractivity contribution < 1.29 is 4.42 Å². The summed E-state index contributed by atoms with van der Waals surface area (Å²) in [6.07, 6.45) is 1.13. The van der Waals surface area contributed by atoms with Crippen molar-refractivity contribution in [1.82, 2.24) is 5.32 Å². The quantitative estimate of drug-likeness (QED) is 0.894. The molecule has 1 aromatic heterocycles. The van der Waals surface area contributed by atoms with Gasteiger partial charge in [-0.15, -0.1) is 0 Å². The zero-order valence-electron chi connectivity index (χ0n) is 10.5. The largest absolute Gasteiger partial charge is 0.459 e. The van der Waals surface area contributed by atoms with Crippen LogP contribution in [0.4, 0.5) is 0 Å². The van der Waals surface area contributed by atoms with Gasteiger partial charge in [0.05, 0.1) is 6.04 Å². The minimum atomic E-state index is 0.258. The van der Waals surface area contributed by atoms with Gasteiger partial charge in [-0.2, -0.15) is 0 Å². The van der Waals surface area contributed by atoms with Gasteiger partial charge in [-0.05, 0) is 44.5 Å². The predicted octanol–water partition coefficient (Wildman–Crippen LogP) is 4.56. The summed E-state index contributed by atoms with van der Waals surface area (Å²) in [4.78, 5) is 0. The molecule has 3 heteroatoms. The summed E-state index contributed by atoms with van der Waals surface area (Å²) < 4.78 is 7.04. The second-order valence-corrected chi connectivity index (χ2v) is 5.29. The summed E-state index contributed by atoms with van der Waals surface area (Å²) >= 11 is 3.57. The topological polar surface area (TPSA) is 25.2 Å². The van der Waals surface area contributed by atoms with Crippen LogP contribution in [0.2, 0.25) is 0 Å². The normalized spacial score (nSPS) is 13.2. The van der Waals surface area contributed by atoms with Crippen LogP contribution < -0.4 is 5.32 Å². The van der Waals surface area contributed by atoms with Crippen LogP contribution in [0.1, 0.15) is 37.6 Å². The Morgan fingerprint density at radius 1 is 1.41 bits per heavy atom. The molecule has 0 bridgehead atoms. The van der Waals surface area contributed by atoms with Crippen molar-refractivity contribution in [2.45, 2.75) is 33.2 Å². The molecule has 2 aromatic rings.